The summed E-state index contributed by atoms with van der Waals surface area (Å²) in [7, 11) is 0. The van der Waals surface area contributed by atoms with Gasteiger partial charge < -0.3 is 15.5 Å². The highest BCUT2D eigenvalue weighted by atomic mass is 16.4. The topological polar surface area (TPSA) is 69.6 Å². The molecule has 0 saturated carbocycles. The summed E-state index contributed by atoms with van der Waals surface area (Å²) < 4.78 is 0. The monoisotopic (exact) mass is 265 g/mol. The van der Waals surface area contributed by atoms with Gasteiger partial charge in [-0.15, -0.1) is 0 Å². The Morgan fingerprint density at radius 2 is 1.84 bits per heavy atom. The second-order valence-corrected chi connectivity index (χ2v) is 4.93. The van der Waals surface area contributed by atoms with E-state index in [1.165, 1.54) is 0 Å². The van der Waals surface area contributed by atoms with Gasteiger partial charge in [0.25, 0.3) is 0 Å². The highest BCUT2D eigenvalue weighted by molar-refractivity contribution is 5.75. The minimum atomic E-state index is -0.898. The molecule has 1 atom stereocenters. The molecule has 1 aromatic carbocycles. The molecule has 0 fully saturated rings. The van der Waals surface area contributed by atoms with E-state index in [9.17, 15) is 15.0 Å². The van der Waals surface area contributed by atoms with Crippen LogP contribution in [0.4, 0.5) is 0 Å². The van der Waals surface area contributed by atoms with Crippen LogP contribution < -0.4 is 5.32 Å². The highest BCUT2D eigenvalue weighted by Gasteiger charge is 2.28. The third kappa shape index (κ3) is 4.04. The van der Waals surface area contributed by atoms with E-state index in [-0.39, 0.29) is 12.0 Å². The summed E-state index contributed by atoms with van der Waals surface area (Å²) in [6, 6.07) is 8.37. The zero-order valence-corrected chi connectivity index (χ0v) is 11.6. The molecule has 0 aliphatic rings. The van der Waals surface area contributed by atoms with E-state index in [2.05, 4.69) is 5.32 Å². The zero-order chi connectivity index (χ0) is 14.3. The van der Waals surface area contributed by atoms with Crippen molar-refractivity contribution in [1.29, 1.82) is 0 Å². The summed E-state index contributed by atoms with van der Waals surface area (Å²) in [4.78, 5) is 11.4. The van der Waals surface area contributed by atoms with Crippen molar-refractivity contribution in [2.45, 2.75) is 32.7 Å². The number of aliphatic hydroxyl groups excluding tert-OH is 1. The normalized spacial score (nSPS) is 13.2. The van der Waals surface area contributed by atoms with Gasteiger partial charge in [0.2, 0.25) is 0 Å². The lowest BCUT2D eigenvalue weighted by Crippen LogP contribution is -2.40. The predicted octanol–water partition coefficient (Wildman–Crippen LogP) is 2.20. The molecule has 4 nitrogen and oxygen atoms in total. The van der Waals surface area contributed by atoms with Crippen LogP contribution in [-0.2, 0) is 4.79 Å². The van der Waals surface area contributed by atoms with Crippen molar-refractivity contribution in [3.8, 4) is 0 Å². The van der Waals surface area contributed by atoms with Gasteiger partial charge in [0.1, 0.15) is 6.04 Å². The third-order valence-corrected chi connectivity index (χ3v) is 3.90. The van der Waals surface area contributed by atoms with E-state index in [1.807, 2.05) is 32.0 Å². The van der Waals surface area contributed by atoms with Crippen LogP contribution in [0.1, 0.15) is 38.3 Å². The molecule has 0 saturated heterocycles. The first-order valence-electron chi connectivity index (χ1n) is 6.70. The molecule has 0 bridgehead atoms. The first kappa shape index (κ1) is 15.7. The number of hydrogen-bond acceptors (Lipinski definition) is 3. The van der Waals surface area contributed by atoms with Crippen molar-refractivity contribution < 1.29 is 15.0 Å². The second-order valence-electron chi connectivity index (χ2n) is 4.93. The number of carboxylic acids is 1. The van der Waals surface area contributed by atoms with Gasteiger partial charge in [-0.1, -0.05) is 44.2 Å². The van der Waals surface area contributed by atoms with Gasteiger partial charge >= 0.3 is 5.97 Å². The lowest BCUT2D eigenvalue weighted by atomic mass is 9.83. The minimum Gasteiger partial charge on any atom is -0.480 e. The summed E-state index contributed by atoms with van der Waals surface area (Å²) in [6.07, 6.45) is 1.63. The van der Waals surface area contributed by atoms with Crippen molar-refractivity contribution in [3.63, 3.8) is 0 Å². The number of rotatable bonds is 8. The van der Waals surface area contributed by atoms with Crippen LogP contribution in [0.25, 0.3) is 0 Å². The molecule has 0 spiro atoms. The van der Waals surface area contributed by atoms with Crippen molar-refractivity contribution >= 4 is 5.97 Å². The SMILES string of the molecule is CCC(CC)(CO)CNC(C(=O)O)c1ccccc1. The number of carboxylic acid groups (broad SMARTS) is 1. The first-order chi connectivity index (χ1) is 9.08. The molecule has 3 N–H and O–H groups in total. The summed E-state index contributed by atoms with van der Waals surface area (Å²) in [6.45, 7) is 4.58. The molecule has 0 amide bonds. The average molecular weight is 265 g/mol. The van der Waals surface area contributed by atoms with E-state index in [0.717, 1.165) is 18.4 Å². The van der Waals surface area contributed by atoms with Gasteiger partial charge in [0.15, 0.2) is 0 Å². The molecule has 1 unspecified atom stereocenters. The van der Waals surface area contributed by atoms with Crippen LogP contribution in [0, 0.1) is 5.41 Å². The highest BCUT2D eigenvalue weighted by Crippen LogP contribution is 2.26. The Labute approximate surface area is 114 Å². The van der Waals surface area contributed by atoms with E-state index in [0.29, 0.717) is 6.54 Å². The number of aliphatic hydroxyl groups is 1. The van der Waals surface area contributed by atoms with E-state index >= 15 is 0 Å². The van der Waals surface area contributed by atoms with Crippen LogP contribution >= 0.6 is 0 Å². The molecule has 0 aliphatic carbocycles. The van der Waals surface area contributed by atoms with Gasteiger partial charge in [-0.2, -0.15) is 0 Å². The van der Waals surface area contributed by atoms with Crippen LogP contribution in [0.5, 0.6) is 0 Å². The van der Waals surface area contributed by atoms with Crippen LogP contribution in [0.2, 0.25) is 0 Å². The number of hydrogen-bond donors (Lipinski definition) is 3. The molecule has 1 aromatic rings. The lowest BCUT2D eigenvalue weighted by molar-refractivity contribution is -0.139. The number of aliphatic carboxylic acids is 1. The maximum Gasteiger partial charge on any atom is 0.325 e. The predicted molar refractivity (Wildman–Crippen MR) is 74.9 cm³/mol. The molecule has 106 valence electrons. The van der Waals surface area contributed by atoms with Gasteiger partial charge in [0, 0.05) is 18.6 Å². The Balaban J connectivity index is 2.78. The fourth-order valence-corrected chi connectivity index (χ4v) is 2.09. The van der Waals surface area contributed by atoms with Gasteiger partial charge in [-0.3, -0.25) is 4.79 Å². The fraction of sp³-hybridized carbons (Fsp3) is 0.533. The molecule has 0 aromatic heterocycles. The molecule has 19 heavy (non-hydrogen) atoms. The Kier molecular flexibility index (Phi) is 5.99. The second kappa shape index (κ2) is 7.26. The molecule has 0 radical (unpaired) electrons. The third-order valence-electron chi connectivity index (χ3n) is 3.90. The molecule has 0 aliphatic heterocycles. The summed E-state index contributed by atoms with van der Waals surface area (Å²) in [5.41, 5.74) is 0.483. The maximum absolute atomic E-state index is 11.4. The van der Waals surface area contributed by atoms with Gasteiger partial charge in [-0.05, 0) is 18.4 Å². The van der Waals surface area contributed by atoms with Crippen molar-refractivity contribution in [2.24, 2.45) is 5.41 Å². The van der Waals surface area contributed by atoms with Crippen LogP contribution in [0.3, 0.4) is 0 Å². The quantitative estimate of drug-likeness (QED) is 0.674. The van der Waals surface area contributed by atoms with Crippen molar-refractivity contribution in [1.82, 2.24) is 5.32 Å². The molecule has 1 rings (SSSR count). The molecular formula is C15H23NO3. The van der Waals surface area contributed by atoms with E-state index < -0.39 is 12.0 Å². The fourth-order valence-electron chi connectivity index (χ4n) is 2.09. The summed E-state index contributed by atoms with van der Waals surface area (Å²) in [5.74, 6) is -0.898. The number of carbonyl (C=O) groups is 1. The van der Waals surface area contributed by atoms with Crippen LogP contribution in [0.15, 0.2) is 30.3 Å². The minimum absolute atomic E-state index is 0.0636. The van der Waals surface area contributed by atoms with E-state index in [4.69, 9.17) is 0 Å². The number of nitrogens with one attached hydrogen (secondary N) is 1. The molecule has 0 heterocycles. The standard InChI is InChI=1S/C15H23NO3/c1-3-15(4-2,11-17)10-16-13(14(18)19)12-8-6-5-7-9-12/h5-9,13,16-17H,3-4,10-11H2,1-2H3,(H,18,19). The Morgan fingerprint density at radius 1 is 1.26 bits per heavy atom. The largest absolute Gasteiger partial charge is 0.480 e. The smallest absolute Gasteiger partial charge is 0.325 e. The van der Waals surface area contributed by atoms with Crippen molar-refractivity contribution in [3.05, 3.63) is 35.9 Å². The summed E-state index contributed by atoms with van der Waals surface area (Å²) >= 11 is 0. The van der Waals surface area contributed by atoms with Gasteiger partial charge in [0.05, 0.1) is 0 Å². The maximum atomic E-state index is 11.4. The summed E-state index contributed by atoms with van der Waals surface area (Å²) in [5, 5.41) is 21.9. The zero-order valence-electron chi connectivity index (χ0n) is 11.6. The first-order valence-corrected chi connectivity index (χ1v) is 6.70. The average Bonchev–Trinajstić information content (AvgIpc) is 2.45. The Bertz CT molecular complexity index is 379. The van der Waals surface area contributed by atoms with E-state index in [1.54, 1.807) is 12.1 Å². The molecule has 4 heteroatoms. The van der Waals surface area contributed by atoms with Crippen LogP contribution in [-0.4, -0.2) is 29.3 Å². The van der Waals surface area contributed by atoms with Crippen molar-refractivity contribution in [2.75, 3.05) is 13.2 Å². The number of benzene rings is 1. The Hall–Kier alpha value is -1.39. The lowest BCUT2D eigenvalue weighted by Gasteiger charge is -2.31. The molecular weight excluding hydrogens is 242 g/mol. The van der Waals surface area contributed by atoms with Gasteiger partial charge in [-0.25, -0.2) is 0 Å². The Morgan fingerprint density at radius 3 is 2.26 bits per heavy atom.